The number of aromatic nitrogens is 4. The smallest absolute Gasteiger partial charge is 0.408 e. The molecule has 0 aliphatic carbocycles. The normalized spacial score (nSPS) is 15.5. The van der Waals surface area contributed by atoms with Gasteiger partial charge < -0.3 is 19.3 Å². The largest absolute Gasteiger partial charge is 0.491 e. The van der Waals surface area contributed by atoms with E-state index >= 15 is 0 Å². The highest BCUT2D eigenvalue weighted by Crippen LogP contribution is 2.39. The Morgan fingerprint density at radius 3 is 2.65 bits per heavy atom. The number of fused-ring (bicyclic) bond motifs is 1. The van der Waals surface area contributed by atoms with E-state index in [1.54, 1.807) is 18.2 Å². The third-order valence-corrected chi connectivity index (χ3v) is 4.98. The lowest BCUT2D eigenvalue weighted by atomic mass is 10.1. The van der Waals surface area contributed by atoms with Crippen LogP contribution in [0, 0.1) is 0 Å². The number of alkyl halides is 3. The highest BCUT2D eigenvalue weighted by Gasteiger charge is 2.41. The van der Waals surface area contributed by atoms with Gasteiger partial charge in [0.1, 0.15) is 12.2 Å². The Morgan fingerprint density at radius 2 is 1.97 bits per heavy atom. The van der Waals surface area contributed by atoms with Crippen LogP contribution in [0.2, 0.25) is 0 Å². The minimum atomic E-state index is -4.47. The molecule has 1 N–H and O–H groups in total. The number of nitrogens with zero attached hydrogens (tertiary/aromatic N) is 5. The molecule has 0 aromatic carbocycles. The van der Waals surface area contributed by atoms with Crippen LogP contribution in [0.5, 0.6) is 11.6 Å². The Bertz CT molecular complexity index is 1200. The zero-order chi connectivity index (χ0) is 24.5. The summed E-state index contributed by atoms with van der Waals surface area (Å²) in [7, 11) is 2.92. The molecular formula is C21H20F3N5O5. The van der Waals surface area contributed by atoms with Gasteiger partial charge in [-0.2, -0.15) is 18.3 Å². The lowest BCUT2D eigenvalue weighted by molar-refractivity contribution is -0.142. The van der Waals surface area contributed by atoms with E-state index in [0.717, 1.165) is 17.3 Å². The van der Waals surface area contributed by atoms with E-state index in [0.29, 0.717) is 21.7 Å². The number of methoxy groups -OCH3 is 2. The first-order valence-corrected chi connectivity index (χ1v) is 10.00. The van der Waals surface area contributed by atoms with Crippen molar-refractivity contribution in [2.24, 2.45) is 0 Å². The third kappa shape index (κ3) is 4.52. The topological polar surface area (TPSA) is 112 Å². The molecule has 0 unspecified atom stereocenters. The number of halogens is 3. The summed E-state index contributed by atoms with van der Waals surface area (Å²) in [5.41, 5.74) is 1.58. The van der Waals surface area contributed by atoms with Crippen LogP contribution in [-0.4, -0.2) is 64.4 Å². The van der Waals surface area contributed by atoms with Gasteiger partial charge in [-0.1, -0.05) is 0 Å². The molecule has 34 heavy (non-hydrogen) atoms. The molecule has 0 bridgehead atoms. The standard InChI is InChI=1S/C21H20F3N5O5/c1-32-16-7-12(8-25-18(16)33-2)15-4-3-14-17(27-15)20(34-6-5-30)29(19(14)31)13-9-26-28(10-13)11-21(22,23)24/h3-4,7-10,20,30H,5-6,11H2,1-2H3/t20-/m0/s1. The van der Waals surface area contributed by atoms with Crippen molar-refractivity contribution in [1.29, 1.82) is 0 Å². The van der Waals surface area contributed by atoms with E-state index in [4.69, 9.17) is 14.2 Å². The number of carbonyl (C=O) groups excluding carboxylic acids is 1. The number of hydrogen-bond donors (Lipinski definition) is 1. The van der Waals surface area contributed by atoms with E-state index in [1.807, 2.05) is 0 Å². The van der Waals surface area contributed by atoms with Gasteiger partial charge in [-0.15, -0.1) is 0 Å². The molecule has 1 aliphatic heterocycles. The number of anilines is 1. The zero-order valence-corrected chi connectivity index (χ0v) is 18.1. The monoisotopic (exact) mass is 479 g/mol. The predicted octanol–water partition coefficient (Wildman–Crippen LogP) is 2.59. The Morgan fingerprint density at radius 1 is 1.18 bits per heavy atom. The summed E-state index contributed by atoms with van der Waals surface area (Å²) in [6.07, 6.45) is -1.78. The third-order valence-electron chi connectivity index (χ3n) is 4.98. The van der Waals surface area contributed by atoms with Crippen LogP contribution in [0.3, 0.4) is 0 Å². The zero-order valence-electron chi connectivity index (χ0n) is 18.1. The van der Waals surface area contributed by atoms with Crippen molar-refractivity contribution < 1.29 is 37.3 Å². The first kappa shape index (κ1) is 23.4. The molecule has 1 atom stereocenters. The summed E-state index contributed by atoms with van der Waals surface area (Å²) in [6.45, 7) is -1.77. The average molecular weight is 479 g/mol. The SMILES string of the molecule is COc1cc(-c2ccc3c(n2)[C@H](OCCO)N(c2cnn(CC(F)(F)F)c2)C3=O)cnc1OC. The highest BCUT2D eigenvalue weighted by molar-refractivity contribution is 6.10. The summed E-state index contributed by atoms with van der Waals surface area (Å²) in [6, 6.07) is 4.82. The minimum absolute atomic E-state index is 0.101. The molecule has 1 aliphatic rings. The van der Waals surface area contributed by atoms with Gasteiger partial charge in [0, 0.05) is 18.0 Å². The summed E-state index contributed by atoms with van der Waals surface area (Å²) in [5, 5.41) is 12.9. The number of aliphatic hydroxyl groups is 1. The number of carbonyl (C=O) groups is 1. The molecule has 3 aromatic rings. The number of pyridine rings is 2. The van der Waals surface area contributed by atoms with Crippen molar-refractivity contribution in [2.45, 2.75) is 18.9 Å². The van der Waals surface area contributed by atoms with Crippen LogP contribution in [0.1, 0.15) is 22.3 Å². The maximum absolute atomic E-state index is 13.1. The van der Waals surface area contributed by atoms with E-state index in [9.17, 15) is 23.1 Å². The first-order chi connectivity index (χ1) is 16.3. The predicted molar refractivity (Wildman–Crippen MR) is 111 cm³/mol. The number of aliphatic hydroxyl groups excluding tert-OH is 1. The second-order valence-electron chi connectivity index (χ2n) is 7.20. The molecule has 180 valence electrons. The van der Waals surface area contributed by atoms with Gasteiger partial charge >= 0.3 is 6.18 Å². The van der Waals surface area contributed by atoms with Crippen LogP contribution in [-0.2, 0) is 11.3 Å². The van der Waals surface area contributed by atoms with Gasteiger partial charge in [0.05, 0.1) is 50.6 Å². The van der Waals surface area contributed by atoms with Crippen molar-refractivity contribution in [3.05, 3.63) is 48.0 Å². The molecule has 4 rings (SSSR count). The number of ether oxygens (including phenoxy) is 3. The molecule has 4 heterocycles. The highest BCUT2D eigenvalue weighted by atomic mass is 19.4. The minimum Gasteiger partial charge on any atom is -0.491 e. The fraction of sp³-hybridized carbons (Fsp3) is 0.333. The summed E-state index contributed by atoms with van der Waals surface area (Å²) in [4.78, 5) is 23.0. The Kier molecular flexibility index (Phi) is 6.39. The molecule has 0 spiro atoms. The lowest BCUT2D eigenvalue weighted by Gasteiger charge is -2.23. The molecule has 0 saturated heterocycles. The molecule has 0 radical (unpaired) electrons. The lowest BCUT2D eigenvalue weighted by Crippen LogP contribution is -2.30. The van der Waals surface area contributed by atoms with Crippen LogP contribution in [0.15, 0.2) is 36.8 Å². The number of rotatable bonds is 8. The van der Waals surface area contributed by atoms with Gasteiger partial charge in [-0.3, -0.25) is 14.4 Å². The Labute approximate surface area is 191 Å². The molecular weight excluding hydrogens is 459 g/mol. The summed E-state index contributed by atoms with van der Waals surface area (Å²) >= 11 is 0. The van der Waals surface area contributed by atoms with E-state index < -0.39 is 24.9 Å². The van der Waals surface area contributed by atoms with Gasteiger partial charge in [0.15, 0.2) is 12.0 Å². The second kappa shape index (κ2) is 9.27. The second-order valence-corrected chi connectivity index (χ2v) is 7.20. The number of amides is 1. The molecule has 1 amide bonds. The van der Waals surface area contributed by atoms with Gasteiger partial charge in [0.2, 0.25) is 0 Å². The van der Waals surface area contributed by atoms with Crippen LogP contribution in [0.25, 0.3) is 11.3 Å². The number of hydrogen-bond acceptors (Lipinski definition) is 8. The van der Waals surface area contributed by atoms with Gasteiger partial charge in [0.25, 0.3) is 11.8 Å². The van der Waals surface area contributed by atoms with Crippen molar-refractivity contribution >= 4 is 11.6 Å². The molecule has 0 fully saturated rings. The van der Waals surface area contributed by atoms with E-state index in [1.165, 1.54) is 20.4 Å². The summed E-state index contributed by atoms with van der Waals surface area (Å²) < 4.78 is 55.0. The van der Waals surface area contributed by atoms with Gasteiger partial charge in [-0.05, 0) is 18.2 Å². The average Bonchev–Trinajstić information content (AvgIpc) is 3.37. The molecule has 3 aromatic heterocycles. The van der Waals surface area contributed by atoms with Crippen LogP contribution < -0.4 is 14.4 Å². The van der Waals surface area contributed by atoms with Crippen molar-refractivity contribution in [2.75, 3.05) is 32.3 Å². The molecule has 13 heteroatoms. The van der Waals surface area contributed by atoms with Crippen molar-refractivity contribution in [1.82, 2.24) is 19.7 Å². The molecule has 0 saturated carbocycles. The molecule has 10 nitrogen and oxygen atoms in total. The fourth-order valence-corrected chi connectivity index (χ4v) is 3.55. The maximum atomic E-state index is 13.1. The Balaban J connectivity index is 1.72. The summed E-state index contributed by atoms with van der Waals surface area (Å²) in [5.74, 6) is 0.146. The van der Waals surface area contributed by atoms with Crippen LogP contribution in [0.4, 0.5) is 18.9 Å². The van der Waals surface area contributed by atoms with Crippen molar-refractivity contribution in [3.8, 4) is 22.9 Å². The van der Waals surface area contributed by atoms with E-state index in [2.05, 4.69) is 15.1 Å². The fourth-order valence-electron chi connectivity index (χ4n) is 3.55. The van der Waals surface area contributed by atoms with E-state index in [-0.39, 0.29) is 36.0 Å². The quantitative estimate of drug-likeness (QED) is 0.525. The first-order valence-electron chi connectivity index (χ1n) is 10.00. The Hall–Kier alpha value is -3.71. The van der Waals surface area contributed by atoms with Crippen molar-refractivity contribution in [3.63, 3.8) is 0 Å². The maximum Gasteiger partial charge on any atom is 0.408 e. The van der Waals surface area contributed by atoms with Crippen LogP contribution >= 0.6 is 0 Å². The van der Waals surface area contributed by atoms with Gasteiger partial charge in [-0.25, -0.2) is 9.97 Å².